The number of hydrogen-bond donors (Lipinski definition) is 1. The lowest BCUT2D eigenvalue weighted by atomic mass is 9.95. The molecule has 1 N–H and O–H groups in total. The number of carbonyl (C=O) groups excluding carboxylic acids is 2. The monoisotopic (exact) mass is 368 g/mol. The Bertz CT molecular complexity index is 966. The van der Waals surface area contributed by atoms with Crippen LogP contribution in [0.5, 0.6) is 0 Å². The Morgan fingerprint density at radius 1 is 1.30 bits per heavy atom. The van der Waals surface area contributed by atoms with Crippen LogP contribution in [-0.2, 0) is 11.3 Å². The molecule has 4 rings (SSSR count). The summed E-state index contributed by atoms with van der Waals surface area (Å²) in [4.78, 5) is 39.0. The average Bonchev–Trinajstić information content (AvgIpc) is 3.28. The minimum atomic E-state index is -0.738. The van der Waals surface area contributed by atoms with Crippen LogP contribution >= 0.6 is 0 Å². The van der Waals surface area contributed by atoms with E-state index in [1.165, 1.54) is 29.4 Å². The maximum absolute atomic E-state index is 13.0. The van der Waals surface area contributed by atoms with E-state index >= 15 is 0 Å². The Labute approximate surface area is 154 Å². The van der Waals surface area contributed by atoms with Crippen molar-refractivity contribution in [3.8, 4) is 0 Å². The van der Waals surface area contributed by atoms with Crippen LogP contribution < -0.4 is 5.32 Å². The van der Waals surface area contributed by atoms with Crippen LogP contribution in [0.4, 0.5) is 10.5 Å². The lowest BCUT2D eigenvalue weighted by molar-refractivity contribution is -0.384. The van der Waals surface area contributed by atoms with E-state index in [1.807, 2.05) is 0 Å². The fourth-order valence-electron chi connectivity index (χ4n) is 3.41. The summed E-state index contributed by atoms with van der Waals surface area (Å²) in [7, 11) is 1.60. The summed E-state index contributed by atoms with van der Waals surface area (Å²) < 4.78 is 5.32. The van der Waals surface area contributed by atoms with Crippen molar-refractivity contribution in [2.24, 2.45) is 0 Å². The summed E-state index contributed by atoms with van der Waals surface area (Å²) in [5, 5.41) is 13.9. The molecule has 1 aromatic carbocycles. The number of nitro benzene ring substituents is 1. The van der Waals surface area contributed by atoms with E-state index in [2.05, 4.69) is 5.32 Å². The maximum Gasteiger partial charge on any atom is 0.322 e. The third kappa shape index (κ3) is 2.82. The first-order valence-electron chi connectivity index (χ1n) is 8.29. The number of carbonyl (C=O) groups is 2. The molecular formula is C18H16N4O5. The number of nitrogens with one attached hydrogen (secondary N) is 1. The van der Waals surface area contributed by atoms with Crippen LogP contribution in [0.3, 0.4) is 0 Å². The van der Waals surface area contributed by atoms with Crippen molar-refractivity contribution in [3.05, 3.63) is 75.4 Å². The van der Waals surface area contributed by atoms with Crippen LogP contribution in [0.25, 0.3) is 0 Å². The van der Waals surface area contributed by atoms with Gasteiger partial charge in [-0.15, -0.1) is 0 Å². The predicted octanol–water partition coefficient (Wildman–Crippen LogP) is 2.18. The standard InChI is InChI=1S/C18H16N4O5/c1-20-14-10-21(9-13-6-3-7-27-13)17(23)15(14)16(19-18(20)24)11-4-2-5-12(8-11)22(25)26/h2-8,16H,9-10H2,1H3,(H,19,24). The summed E-state index contributed by atoms with van der Waals surface area (Å²) in [6, 6.07) is 8.37. The largest absolute Gasteiger partial charge is 0.467 e. The molecule has 2 aromatic rings. The smallest absolute Gasteiger partial charge is 0.322 e. The molecule has 3 heterocycles. The number of urea groups is 1. The number of non-ortho nitro benzene ring substituents is 1. The fourth-order valence-corrected chi connectivity index (χ4v) is 3.41. The minimum absolute atomic E-state index is 0.0966. The predicted molar refractivity (Wildman–Crippen MR) is 93.3 cm³/mol. The first kappa shape index (κ1) is 16.8. The Morgan fingerprint density at radius 2 is 2.11 bits per heavy atom. The van der Waals surface area contributed by atoms with Gasteiger partial charge in [0.25, 0.3) is 11.6 Å². The molecular weight excluding hydrogens is 352 g/mol. The van der Waals surface area contributed by atoms with Crippen LogP contribution in [0.1, 0.15) is 17.4 Å². The van der Waals surface area contributed by atoms with Gasteiger partial charge in [0.2, 0.25) is 0 Å². The van der Waals surface area contributed by atoms with Crippen molar-refractivity contribution < 1.29 is 18.9 Å². The Kier molecular flexibility index (Phi) is 3.91. The summed E-state index contributed by atoms with van der Waals surface area (Å²) in [6.45, 7) is 0.548. The van der Waals surface area contributed by atoms with Gasteiger partial charge >= 0.3 is 6.03 Å². The fraction of sp³-hybridized carbons (Fsp3) is 0.222. The molecule has 0 spiro atoms. The highest BCUT2D eigenvalue weighted by Gasteiger charge is 2.43. The Morgan fingerprint density at radius 3 is 2.81 bits per heavy atom. The second-order valence-electron chi connectivity index (χ2n) is 6.39. The summed E-state index contributed by atoms with van der Waals surface area (Å²) >= 11 is 0. The molecule has 2 aliphatic rings. The number of likely N-dealkylation sites (N-methyl/N-ethyl adjacent to an activating group) is 1. The second-order valence-corrected chi connectivity index (χ2v) is 6.39. The van der Waals surface area contributed by atoms with Crippen molar-refractivity contribution in [2.45, 2.75) is 12.6 Å². The molecule has 1 aromatic heterocycles. The zero-order valence-electron chi connectivity index (χ0n) is 14.4. The van der Waals surface area contributed by atoms with Gasteiger partial charge < -0.3 is 14.6 Å². The molecule has 0 bridgehead atoms. The van der Waals surface area contributed by atoms with E-state index in [4.69, 9.17) is 4.42 Å². The van der Waals surface area contributed by atoms with Gasteiger partial charge in [-0.2, -0.15) is 0 Å². The van der Waals surface area contributed by atoms with Gasteiger partial charge in [-0.1, -0.05) is 12.1 Å². The number of benzene rings is 1. The Hall–Kier alpha value is -3.62. The highest BCUT2D eigenvalue weighted by atomic mass is 16.6. The third-order valence-corrected chi connectivity index (χ3v) is 4.78. The molecule has 9 heteroatoms. The number of nitro groups is 1. The second kappa shape index (κ2) is 6.27. The molecule has 1 unspecified atom stereocenters. The molecule has 2 aliphatic heterocycles. The van der Waals surface area contributed by atoms with Crippen molar-refractivity contribution in [1.82, 2.24) is 15.1 Å². The van der Waals surface area contributed by atoms with Gasteiger partial charge in [0.05, 0.1) is 41.6 Å². The van der Waals surface area contributed by atoms with Gasteiger partial charge in [0.1, 0.15) is 5.76 Å². The molecule has 0 radical (unpaired) electrons. The van der Waals surface area contributed by atoms with Crippen LogP contribution in [0.15, 0.2) is 58.3 Å². The molecule has 0 saturated heterocycles. The number of amides is 3. The van der Waals surface area contributed by atoms with E-state index in [1.54, 1.807) is 30.1 Å². The molecule has 3 amide bonds. The van der Waals surface area contributed by atoms with Crippen LogP contribution in [0, 0.1) is 10.1 Å². The van der Waals surface area contributed by atoms with Crippen molar-refractivity contribution >= 4 is 17.6 Å². The van der Waals surface area contributed by atoms with Gasteiger partial charge in [0, 0.05) is 19.2 Å². The SMILES string of the molecule is CN1C(=O)NC(c2cccc([N+](=O)[O-])c2)C2=C1CN(Cc1ccco1)C2=O. The van der Waals surface area contributed by atoms with Crippen molar-refractivity contribution in [1.29, 1.82) is 0 Å². The molecule has 138 valence electrons. The van der Waals surface area contributed by atoms with Gasteiger partial charge in [-0.25, -0.2) is 4.79 Å². The van der Waals surface area contributed by atoms with E-state index in [-0.39, 0.29) is 30.7 Å². The van der Waals surface area contributed by atoms with Crippen LogP contribution in [-0.4, -0.2) is 40.3 Å². The molecule has 27 heavy (non-hydrogen) atoms. The topological polar surface area (TPSA) is 109 Å². The third-order valence-electron chi connectivity index (χ3n) is 4.78. The molecule has 9 nitrogen and oxygen atoms in total. The normalized spacial score (nSPS) is 19.4. The minimum Gasteiger partial charge on any atom is -0.467 e. The lowest BCUT2D eigenvalue weighted by Crippen LogP contribution is -2.45. The Balaban J connectivity index is 1.71. The molecule has 0 fully saturated rings. The lowest BCUT2D eigenvalue weighted by Gasteiger charge is -2.31. The summed E-state index contributed by atoms with van der Waals surface area (Å²) in [5.41, 5.74) is 1.41. The van der Waals surface area contributed by atoms with Gasteiger partial charge in [-0.05, 0) is 17.7 Å². The van der Waals surface area contributed by atoms with Gasteiger partial charge in [-0.3, -0.25) is 19.8 Å². The van der Waals surface area contributed by atoms with Crippen molar-refractivity contribution in [2.75, 3.05) is 13.6 Å². The highest BCUT2D eigenvalue weighted by Crippen LogP contribution is 2.36. The zero-order valence-corrected chi connectivity index (χ0v) is 14.4. The zero-order chi connectivity index (χ0) is 19.1. The average molecular weight is 368 g/mol. The van der Waals surface area contributed by atoms with E-state index in [0.717, 1.165) is 0 Å². The van der Waals surface area contributed by atoms with Crippen molar-refractivity contribution in [3.63, 3.8) is 0 Å². The number of nitrogens with zero attached hydrogens (tertiary/aromatic N) is 3. The number of hydrogen-bond acceptors (Lipinski definition) is 5. The van der Waals surface area contributed by atoms with E-state index < -0.39 is 11.0 Å². The van der Waals surface area contributed by atoms with E-state index in [9.17, 15) is 19.7 Å². The number of rotatable bonds is 4. The molecule has 1 atom stereocenters. The summed E-state index contributed by atoms with van der Waals surface area (Å²) in [5.74, 6) is 0.404. The maximum atomic E-state index is 13.0. The highest BCUT2D eigenvalue weighted by molar-refractivity contribution is 6.01. The first-order chi connectivity index (χ1) is 13.0. The first-order valence-corrected chi connectivity index (χ1v) is 8.29. The molecule has 0 saturated carbocycles. The van der Waals surface area contributed by atoms with E-state index in [0.29, 0.717) is 22.6 Å². The van der Waals surface area contributed by atoms with Gasteiger partial charge in [0.15, 0.2) is 0 Å². The molecule has 0 aliphatic carbocycles. The number of furan rings is 1. The quantitative estimate of drug-likeness (QED) is 0.657. The van der Waals surface area contributed by atoms with Crippen LogP contribution in [0.2, 0.25) is 0 Å². The summed E-state index contributed by atoms with van der Waals surface area (Å²) in [6.07, 6.45) is 1.53.